The van der Waals surface area contributed by atoms with Gasteiger partial charge in [-0.15, -0.1) is 0 Å². The molecule has 13 heavy (non-hydrogen) atoms. The summed E-state index contributed by atoms with van der Waals surface area (Å²) in [4.78, 5) is 0. The Bertz CT molecular complexity index is 379. The number of fused-ring (bicyclic) bond motifs is 1. The Balaban J connectivity index is 2.55. The molecule has 0 spiro atoms. The maximum Gasteiger partial charge on any atom is 0.231 e. The molecule has 1 heterocycles. The van der Waals surface area contributed by atoms with Crippen molar-refractivity contribution in [2.24, 2.45) is 5.73 Å². The molecule has 1 aromatic rings. The Morgan fingerprint density at radius 3 is 2.92 bits per heavy atom. The second kappa shape index (κ2) is 2.81. The number of hydrogen-bond donors (Lipinski definition) is 2. The van der Waals surface area contributed by atoms with Crippen molar-refractivity contribution in [3.05, 3.63) is 22.7 Å². The van der Waals surface area contributed by atoms with Crippen LogP contribution in [0.3, 0.4) is 0 Å². The first-order chi connectivity index (χ1) is 6.18. The van der Waals surface area contributed by atoms with E-state index < -0.39 is 0 Å². The molecule has 0 bridgehead atoms. The monoisotopic (exact) mass is 198 g/mol. The molecule has 0 radical (unpaired) electrons. The Hall–Kier alpha value is -1.42. The lowest BCUT2D eigenvalue weighted by molar-refractivity contribution is 0.174. The molecule has 0 aromatic heterocycles. The lowest BCUT2D eigenvalue weighted by Gasteiger charge is -2.02. The second-order valence-corrected chi connectivity index (χ2v) is 3.01. The van der Waals surface area contributed by atoms with Gasteiger partial charge in [-0.1, -0.05) is 11.6 Å². The largest absolute Gasteiger partial charge is 0.454 e. The minimum Gasteiger partial charge on any atom is -0.454 e. The lowest BCUT2D eigenvalue weighted by atomic mass is 10.2. The summed E-state index contributed by atoms with van der Waals surface area (Å²) in [5.41, 5.74) is 5.84. The fourth-order valence-electron chi connectivity index (χ4n) is 1.12. The number of amidine groups is 1. The number of rotatable bonds is 1. The van der Waals surface area contributed by atoms with Crippen LogP contribution in [-0.2, 0) is 0 Å². The van der Waals surface area contributed by atoms with E-state index in [1.54, 1.807) is 12.1 Å². The molecule has 0 fully saturated rings. The van der Waals surface area contributed by atoms with Crippen molar-refractivity contribution in [2.75, 3.05) is 6.79 Å². The highest BCUT2D eigenvalue weighted by Gasteiger charge is 2.18. The third-order valence-corrected chi connectivity index (χ3v) is 2.02. The van der Waals surface area contributed by atoms with E-state index in [-0.39, 0.29) is 12.6 Å². The van der Waals surface area contributed by atoms with Crippen molar-refractivity contribution in [3.8, 4) is 11.5 Å². The summed E-state index contributed by atoms with van der Waals surface area (Å²) in [6.07, 6.45) is 0. The molecule has 2 rings (SSSR count). The number of nitrogens with one attached hydrogen (secondary N) is 1. The smallest absolute Gasteiger partial charge is 0.231 e. The number of nitrogens with two attached hydrogens (primary N) is 1. The van der Waals surface area contributed by atoms with Gasteiger partial charge < -0.3 is 15.2 Å². The number of nitrogen functional groups attached to an aromatic ring is 1. The Kier molecular flexibility index (Phi) is 1.77. The minimum absolute atomic E-state index is 0.0415. The number of benzene rings is 1. The van der Waals surface area contributed by atoms with Crippen molar-refractivity contribution >= 4 is 17.4 Å². The molecule has 0 amide bonds. The molecule has 0 saturated heterocycles. The third-order valence-electron chi connectivity index (χ3n) is 1.74. The van der Waals surface area contributed by atoms with Gasteiger partial charge in [0, 0.05) is 5.56 Å². The van der Waals surface area contributed by atoms with Crippen LogP contribution in [0, 0.1) is 5.41 Å². The van der Waals surface area contributed by atoms with E-state index in [2.05, 4.69) is 0 Å². The predicted molar refractivity (Wildman–Crippen MR) is 48.6 cm³/mol. The fourth-order valence-corrected chi connectivity index (χ4v) is 1.39. The molecule has 0 saturated carbocycles. The van der Waals surface area contributed by atoms with Crippen molar-refractivity contribution in [3.63, 3.8) is 0 Å². The van der Waals surface area contributed by atoms with Gasteiger partial charge in [0.25, 0.3) is 0 Å². The lowest BCUT2D eigenvalue weighted by Crippen LogP contribution is -2.10. The highest BCUT2D eigenvalue weighted by atomic mass is 35.5. The van der Waals surface area contributed by atoms with Gasteiger partial charge in [-0.3, -0.25) is 5.41 Å². The maximum absolute atomic E-state index is 7.22. The number of ether oxygens (including phenoxy) is 2. The molecule has 5 heteroatoms. The molecule has 1 aliphatic heterocycles. The summed E-state index contributed by atoms with van der Waals surface area (Å²) in [5, 5.41) is 7.63. The highest BCUT2D eigenvalue weighted by Crippen LogP contribution is 2.39. The summed E-state index contributed by atoms with van der Waals surface area (Å²) in [5.74, 6) is 1.02. The summed E-state index contributed by atoms with van der Waals surface area (Å²) in [7, 11) is 0. The van der Waals surface area contributed by atoms with E-state index in [9.17, 15) is 0 Å². The predicted octanol–water partition coefficient (Wildman–Crippen LogP) is 1.35. The van der Waals surface area contributed by atoms with E-state index in [0.717, 1.165) is 0 Å². The van der Waals surface area contributed by atoms with Crippen LogP contribution in [0.4, 0.5) is 0 Å². The van der Waals surface area contributed by atoms with Crippen LogP contribution in [0.5, 0.6) is 11.5 Å². The Labute approximate surface area is 79.7 Å². The Morgan fingerprint density at radius 1 is 1.46 bits per heavy atom. The van der Waals surface area contributed by atoms with Gasteiger partial charge in [0.05, 0.1) is 5.02 Å². The van der Waals surface area contributed by atoms with Crippen LogP contribution >= 0.6 is 11.6 Å². The number of halogens is 1. The first-order valence-electron chi connectivity index (χ1n) is 3.62. The normalized spacial score (nSPS) is 13.0. The van der Waals surface area contributed by atoms with E-state index in [4.69, 9.17) is 32.2 Å². The molecule has 4 nitrogen and oxygen atoms in total. The zero-order valence-corrected chi connectivity index (χ0v) is 7.39. The van der Waals surface area contributed by atoms with Crippen LogP contribution in [0.2, 0.25) is 5.02 Å². The van der Waals surface area contributed by atoms with Gasteiger partial charge in [0.15, 0.2) is 11.5 Å². The average Bonchev–Trinajstić information content (AvgIpc) is 2.51. The van der Waals surface area contributed by atoms with Gasteiger partial charge in [0.2, 0.25) is 6.79 Å². The van der Waals surface area contributed by atoms with Crippen LogP contribution in [0.15, 0.2) is 12.1 Å². The van der Waals surface area contributed by atoms with Gasteiger partial charge in [-0.05, 0) is 12.1 Å². The van der Waals surface area contributed by atoms with Crippen molar-refractivity contribution < 1.29 is 9.47 Å². The SMILES string of the molecule is N=C(N)c1cc(Cl)c2c(c1)OCO2. The second-order valence-electron chi connectivity index (χ2n) is 2.61. The van der Waals surface area contributed by atoms with Gasteiger partial charge >= 0.3 is 0 Å². The van der Waals surface area contributed by atoms with E-state index >= 15 is 0 Å². The standard InChI is InChI=1S/C8H7ClN2O2/c9-5-1-4(8(10)11)2-6-7(5)13-3-12-6/h1-2H,3H2,(H3,10,11). The molecular weight excluding hydrogens is 192 g/mol. The summed E-state index contributed by atoms with van der Waals surface area (Å²) >= 11 is 5.86. The van der Waals surface area contributed by atoms with Gasteiger partial charge in [-0.25, -0.2) is 0 Å². The van der Waals surface area contributed by atoms with Gasteiger partial charge in [-0.2, -0.15) is 0 Å². The van der Waals surface area contributed by atoms with E-state index in [0.29, 0.717) is 22.1 Å². The molecule has 0 aliphatic carbocycles. The fraction of sp³-hybridized carbons (Fsp3) is 0.125. The van der Waals surface area contributed by atoms with Crippen LogP contribution < -0.4 is 15.2 Å². The molecule has 0 atom stereocenters. The van der Waals surface area contributed by atoms with Crippen molar-refractivity contribution in [2.45, 2.75) is 0 Å². The number of hydrogen-bond acceptors (Lipinski definition) is 3. The molecule has 0 unspecified atom stereocenters. The zero-order valence-electron chi connectivity index (χ0n) is 6.63. The van der Waals surface area contributed by atoms with E-state index in [1.165, 1.54) is 0 Å². The Morgan fingerprint density at radius 2 is 2.23 bits per heavy atom. The van der Waals surface area contributed by atoms with E-state index in [1.807, 2.05) is 0 Å². The summed E-state index contributed by atoms with van der Waals surface area (Å²) in [6, 6.07) is 3.22. The third kappa shape index (κ3) is 1.29. The summed E-state index contributed by atoms with van der Waals surface area (Å²) < 4.78 is 10.2. The van der Waals surface area contributed by atoms with Crippen LogP contribution in [-0.4, -0.2) is 12.6 Å². The van der Waals surface area contributed by atoms with Crippen molar-refractivity contribution in [1.82, 2.24) is 0 Å². The molecule has 68 valence electrons. The quantitative estimate of drug-likeness (QED) is 0.529. The summed E-state index contributed by atoms with van der Waals surface area (Å²) in [6.45, 7) is 0.163. The first-order valence-corrected chi connectivity index (χ1v) is 4.00. The van der Waals surface area contributed by atoms with Crippen LogP contribution in [0.1, 0.15) is 5.56 Å². The average molecular weight is 199 g/mol. The van der Waals surface area contributed by atoms with Gasteiger partial charge in [0.1, 0.15) is 5.84 Å². The molecule has 3 N–H and O–H groups in total. The molecule has 1 aromatic carbocycles. The van der Waals surface area contributed by atoms with Crippen molar-refractivity contribution in [1.29, 1.82) is 5.41 Å². The molecular formula is C8H7ClN2O2. The molecule has 1 aliphatic rings. The zero-order chi connectivity index (χ0) is 9.42. The maximum atomic E-state index is 7.22. The minimum atomic E-state index is -0.0415. The van der Waals surface area contributed by atoms with Crippen LogP contribution in [0.25, 0.3) is 0 Å². The highest BCUT2D eigenvalue weighted by molar-refractivity contribution is 6.32. The topological polar surface area (TPSA) is 68.3 Å². The first kappa shape index (κ1) is 8.19.